The molecule has 1 aliphatic heterocycles. The zero-order valence-corrected chi connectivity index (χ0v) is 17.3. The number of nitrogens with zero attached hydrogens (tertiary/aromatic N) is 2. The Kier molecular flexibility index (Phi) is 6.88. The van der Waals surface area contributed by atoms with Gasteiger partial charge in [-0.2, -0.15) is 0 Å². The third-order valence-corrected chi connectivity index (χ3v) is 6.13. The molecule has 5 nitrogen and oxygen atoms in total. The number of nitrogens with one attached hydrogen (secondary N) is 2. The summed E-state index contributed by atoms with van der Waals surface area (Å²) in [5.74, 6) is 0. The lowest BCUT2D eigenvalue weighted by molar-refractivity contribution is 0.0868. The van der Waals surface area contributed by atoms with Crippen molar-refractivity contribution >= 4 is 23.1 Å². The van der Waals surface area contributed by atoms with Gasteiger partial charge >= 0.3 is 6.03 Å². The monoisotopic (exact) mass is 386 g/mol. The van der Waals surface area contributed by atoms with Gasteiger partial charge in [0, 0.05) is 42.8 Å². The smallest absolute Gasteiger partial charge is 0.319 e. The highest BCUT2D eigenvalue weighted by Crippen LogP contribution is 2.29. The van der Waals surface area contributed by atoms with Crippen LogP contribution >= 0.6 is 11.3 Å². The van der Waals surface area contributed by atoms with E-state index in [-0.39, 0.29) is 18.1 Å². The van der Waals surface area contributed by atoms with Crippen molar-refractivity contribution in [2.75, 3.05) is 38.0 Å². The second-order valence-electron chi connectivity index (χ2n) is 7.19. The number of rotatable bonds is 6. The zero-order chi connectivity index (χ0) is 19.2. The number of aryl methyl sites for hydroxylation is 1. The van der Waals surface area contributed by atoms with Crippen LogP contribution in [0, 0.1) is 6.92 Å². The molecule has 1 aliphatic rings. The van der Waals surface area contributed by atoms with Crippen LogP contribution < -0.4 is 10.6 Å². The molecule has 27 heavy (non-hydrogen) atoms. The van der Waals surface area contributed by atoms with Crippen molar-refractivity contribution in [3.63, 3.8) is 0 Å². The molecular formula is C21H30N4OS. The van der Waals surface area contributed by atoms with Gasteiger partial charge in [0.2, 0.25) is 0 Å². The van der Waals surface area contributed by atoms with E-state index in [1.165, 1.54) is 4.88 Å². The lowest BCUT2D eigenvalue weighted by Gasteiger charge is -2.41. The molecule has 2 amide bonds. The summed E-state index contributed by atoms with van der Waals surface area (Å²) in [4.78, 5) is 18.8. The van der Waals surface area contributed by atoms with Gasteiger partial charge < -0.3 is 15.5 Å². The van der Waals surface area contributed by atoms with Crippen molar-refractivity contribution in [3.8, 4) is 0 Å². The molecule has 0 bridgehead atoms. The highest BCUT2D eigenvalue weighted by molar-refractivity contribution is 7.10. The minimum absolute atomic E-state index is 0.0154. The van der Waals surface area contributed by atoms with Crippen LogP contribution in [0.1, 0.15) is 30.3 Å². The number of thiophene rings is 1. The molecule has 146 valence electrons. The van der Waals surface area contributed by atoms with Gasteiger partial charge in [0.25, 0.3) is 0 Å². The number of anilines is 1. The van der Waals surface area contributed by atoms with E-state index < -0.39 is 0 Å². The zero-order valence-electron chi connectivity index (χ0n) is 16.4. The molecule has 1 fully saturated rings. The SMILES string of the molecule is CCN1CCN([C@@H](c2cccs2)[C@@H](C)NC(=O)Nc2cccc(C)c2)CC1. The van der Waals surface area contributed by atoms with Gasteiger partial charge in [0.05, 0.1) is 6.04 Å². The molecular weight excluding hydrogens is 356 g/mol. The van der Waals surface area contributed by atoms with E-state index in [1.807, 2.05) is 31.2 Å². The second kappa shape index (κ2) is 9.35. The van der Waals surface area contributed by atoms with E-state index in [4.69, 9.17) is 0 Å². The first-order valence-electron chi connectivity index (χ1n) is 9.71. The third-order valence-electron chi connectivity index (χ3n) is 5.19. The predicted molar refractivity (Wildman–Crippen MR) is 114 cm³/mol. The van der Waals surface area contributed by atoms with Crippen LogP contribution in [0.25, 0.3) is 0 Å². The van der Waals surface area contributed by atoms with Crippen LogP contribution in [0.2, 0.25) is 0 Å². The molecule has 0 radical (unpaired) electrons. The summed E-state index contributed by atoms with van der Waals surface area (Å²) in [6.45, 7) is 11.7. The first-order valence-corrected chi connectivity index (χ1v) is 10.6. The number of amides is 2. The normalized spacial score (nSPS) is 18.0. The third kappa shape index (κ3) is 5.31. The highest BCUT2D eigenvalue weighted by Gasteiger charge is 2.30. The van der Waals surface area contributed by atoms with Crippen molar-refractivity contribution < 1.29 is 4.79 Å². The molecule has 0 unspecified atom stereocenters. The Morgan fingerprint density at radius 3 is 2.59 bits per heavy atom. The maximum atomic E-state index is 12.5. The van der Waals surface area contributed by atoms with Crippen LogP contribution in [0.5, 0.6) is 0 Å². The van der Waals surface area contributed by atoms with Crippen LogP contribution in [0.4, 0.5) is 10.5 Å². The molecule has 2 aromatic rings. The Morgan fingerprint density at radius 2 is 1.96 bits per heavy atom. The van der Waals surface area contributed by atoms with E-state index in [0.29, 0.717) is 0 Å². The lowest BCUT2D eigenvalue weighted by atomic mass is 10.0. The average Bonchev–Trinajstić information content (AvgIpc) is 3.16. The summed E-state index contributed by atoms with van der Waals surface area (Å²) in [6.07, 6.45) is 0. The topological polar surface area (TPSA) is 47.6 Å². The molecule has 2 heterocycles. The molecule has 0 saturated carbocycles. The van der Waals surface area contributed by atoms with Crippen molar-refractivity contribution in [1.82, 2.24) is 15.1 Å². The number of hydrogen-bond donors (Lipinski definition) is 2. The van der Waals surface area contributed by atoms with Gasteiger partial charge in [-0.3, -0.25) is 4.90 Å². The minimum Gasteiger partial charge on any atom is -0.333 e. The summed E-state index contributed by atoms with van der Waals surface area (Å²) in [6, 6.07) is 12.2. The lowest BCUT2D eigenvalue weighted by Crippen LogP contribution is -2.52. The molecule has 3 rings (SSSR count). The van der Waals surface area contributed by atoms with Gasteiger partial charge in [-0.15, -0.1) is 11.3 Å². The van der Waals surface area contributed by atoms with Crippen LogP contribution in [0.3, 0.4) is 0 Å². The highest BCUT2D eigenvalue weighted by atomic mass is 32.1. The number of urea groups is 1. The van der Waals surface area contributed by atoms with E-state index in [0.717, 1.165) is 44.0 Å². The fourth-order valence-corrected chi connectivity index (χ4v) is 4.70. The first-order chi connectivity index (χ1) is 13.1. The summed E-state index contributed by atoms with van der Waals surface area (Å²) in [5, 5.41) is 8.23. The van der Waals surface area contributed by atoms with Crippen molar-refractivity contribution in [1.29, 1.82) is 0 Å². The molecule has 0 aliphatic carbocycles. The number of carbonyl (C=O) groups excluding carboxylic acids is 1. The number of carbonyl (C=O) groups is 1. The summed E-state index contributed by atoms with van der Waals surface area (Å²) in [5.41, 5.74) is 1.95. The number of hydrogen-bond acceptors (Lipinski definition) is 4. The maximum absolute atomic E-state index is 12.5. The molecule has 0 spiro atoms. The van der Waals surface area contributed by atoms with Crippen molar-refractivity contribution in [2.24, 2.45) is 0 Å². The largest absolute Gasteiger partial charge is 0.333 e. The van der Waals surface area contributed by atoms with E-state index in [2.05, 4.69) is 51.8 Å². The van der Waals surface area contributed by atoms with Gasteiger partial charge in [-0.1, -0.05) is 25.1 Å². The molecule has 1 aromatic carbocycles. The molecule has 2 atom stereocenters. The van der Waals surface area contributed by atoms with E-state index in [9.17, 15) is 4.79 Å². The Hall–Kier alpha value is -1.89. The minimum atomic E-state index is -0.151. The Labute approximate surface area is 166 Å². The van der Waals surface area contributed by atoms with Gasteiger partial charge in [-0.25, -0.2) is 4.79 Å². The summed E-state index contributed by atoms with van der Waals surface area (Å²) >= 11 is 1.77. The molecule has 6 heteroatoms. The van der Waals surface area contributed by atoms with Crippen LogP contribution in [-0.2, 0) is 0 Å². The maximum Gasteiger partial charge on any atom is 0.319 e. The number of likely N-dealkylation sites (N-methyl/N-ethyl adjacent to an activating group) is 1. The molecule has 1 saturated heterocycles. The summed E-state index contributed by atoms with van der Waals surface area (Å²) in [7, 11) is 0. The van der Waals surface area contributed by atoms with Crippen molar-refractivity contribution in [3.05, 3.63) is 52.2 Å². The quantitative estimate of drug-likeness (QED) is 0.790. The Bertz CT molecular complexity index is 726. The number of benzene rings is 1. The van der Waals surface area contributed by atoms with E-state index in [1.54, 1.807) is 11.3 Å². The Morgan fingerprint density at radius 1 is 1.19 bits per heavy atom. The van der Waals surface area contributed by atoms with Crippen LogP contribution in [-0.4, -0.2) is 54.6 Å². The number of piperazine rings is 1. The van der Waals surface area contributed by atoms with Gasteiger partial charge in [0.1, 0.15) is 0 Å². The van der Waals surface area contributed by atoms with Crippen LogP contribution in [0.15, 0.2) is 41.8 Å². The van der Waals surface area contributed by atoms with Crippen molar-refractivity contribution in [2.45, 2.75) is 32.9 Å². The fourth-order valence-electron chi connectivity index (χ4n) is 3.74. The molecule has 1 aromatic heterocycles. The fraction of sp³-hybridized carbons (Fsp3) is 0.476. The van der Waals surface area contributed by atoms with Gasteiger partial charge in [-0.05, 0) is 49.5 Å². The van der Waals surface area contributed by atoms with E-state index >= 15 is 0 Å². The summed E-state index contributed by atoms with van der Waals surface area (Å²) < 4.78 is 0. The van der Waals surface area contributed by atoms with Gasteiger partial charge in [0.15, 0.2) is 0 Å². The average molecular weight is 387 g/mol. The predicted octanol–water partition coefficient (Wildman–Crippen LogP) is 3.95. The first kappa shape index (κ1) is 19.9. The molecule has 2 N–H and O–H groups in total. The Balaban J connectivity index is 1.66. The second-order valence-corrected chi connectivity index (χ2v) is 8.17. The standard InChI is InChI=1S/C21H30N4OS/c1-4-24-10-12-25(13-11-24)20(19-9-6-14-27-19)17(3)22-21(26)23-18-8-5-7-16(2)15-18/h5-9,14-15,17,20H,4,10-13H2,1-3H3,(H2,22,23,26)/t17-,20-/m1/s1.